The second kappa shape index (κ2) is 7.61. The number of benzene rings is 1. The summed E-state index contributed by atoms with van der Waals surface area (Å²) in [6.07, 6.45) is -0.805. The number of nitrogens with zero attached hydrogens (tertiary/aromatic N) is 2. The van der Waals surface area contributed by atoms with Gasteiger partial charge in [0.2, 0.25) is 5.91 Å². The molecule has 6 nitrogen and oxygen atoms in total. The average Bonchev–Trinajstić information content (AvgIpc) is 2.55. The Labute approximate surface area is 147 Å². The second-order valence-electron chi connectivity index (χ2n) is 7.16. The largest absolute Gasteiger partial charge is 0.387 e. The van der Waals surface area contributed by atoms with Crippen molar-refractivity contribution in [3.63, 3.8) is 0 Å². The lowest BCUT2D eigenvalue weighted by Crippen LogP contribution is -2.35. The SMILES string of the molecule is Cc1ccc(=O)n(CC(=O)NCC(O)c2ccc(C(C)(C)C)cc2)n1. The summed E-state index contributed by atoms with van der Waals surface area (Å²) in [5, 5.41) is 16.9. The van der Waals surface area contributed by atoms with Crippen LogP contribution in [0.1, 0.15) is 43.7 Å². The molecule has 1 amide bonds. The van der Waals surface area contributed by atoms with Crippen LogP contribution in [0.15, 0.2) is 41.2 Å². The molecular weight excluding hydrogens is 318 g/mol. The van der Waals surface area contributed by atoms with Crippen molar-refractivity contribution in [3.05, 3.63) is 63.6 Å². The number of aliphatic hydroxyl groups excluding tert-OH is 1. The quantitative estimate of drug-likeness (QED) is 0.865. The molecule has 6 heteroatoms. The minimum absolute atomic E-state index is 0.0474. The highest BCUT2D eigenvalue weighted by Crippen LogP contribution is 2.23. The number of hydrogen-bond acceptors (Lipinski definition) is 4. The van der Waals surface area contributed by atoms with Crippen LogP contribution in [0.5, 0.6) is 0 Å². The summed E-state index contributed by atoms with van der Waals surface area (Å²) in [4.78, 5) is 23.6. The Hall–Kier alpha value is -2.47. The van der Waals surface area contributed by atoms with Crippen molar-refractivity contribution < 1.29 is 9.90 Å². The highest BCUT2D eigenvalue weighted by molar-refractivity contribution is 5.75. The molecule has 2 N–H and O–H groups in total. The van der Waals surface area contributed by atoms with Crippen LogP contribution >= 0.6 is 0 Å². The van der Waals surface area contributed by atoms with E-state index in [1.165, 1.54) is 11.6 Å². The third-order valence-electron chi connectivity index (χ3n) is 3.95. The maximum atomic E-state index is 12.0. The number of aryl methyl sites for hydroxylation is 1. The molecule has 1 heterocycles. The van der Waals surface area contributed by atoms with Gasteiger partial charge in [0.25, 0.3) is 5.56 Å². The van der Waals surface area contributed by atoms with Gasteiger partial charge in [0.1, 0.15) is 6.54 Å². The molecule has 0 aliphatic rings. The molecule has 1 aromatic carbocycles. The number of carbonyl (C=O) groups is 1. The van der Waals surface area contributed by atoms with Gasteiger partial charge in [-0.3, -0.25) is 9.59 Å². The van der Waals surface area contributed by atoms with Gasteiger partial charge < -0.3 is 10.4 Å². The number of hydrogen-bond donors (Lipinski definition) is 2. The molecule has 2 aromatic rings. The zero-order chi connectivity index (χ0) is 18.6. The predicted molar refractivity (Wildman–Crippen MR) is 96.3 cm³/mol. The Balaban J connectivity index is 1.93. The third-order valence-corrected chi connectivity index (χ3v) is 3.95. The van der Waals surface area contributed by atoms with Crippen molar-refractivity contribution >= 4 is 5.91 Å². The molecule has 0 saturated carbocycles. The van der Waals surface area contributed by atoms with E-state index in [-0.39, 0.29) is 30.0 Å². The van der Waals surface area contributed by atoms with Gasteiger partial charge in [0.05, 0.1) is 11.8 Å². The Morgan fingerprint density at radius 1 is 1.20 bits per heavy atom. The lowest BCUT2D eigenvalue weighted by molar-refractivity contribution is -0.122. The molecule has 1 aromatic heterocycles. The van der Waals surface area contributed by atoms with Crippen molar-refractivity contribution in [2.45, 2.75) is 45.8 Å². The normalized spacial score (nSPS) is 12.7. The Bertz CT molecular complexity index is 789. The number of amides is 1. The van der Waals surface area contributed by atoms with E-state index in [9.17, 15) is 14.7 Å². The van der Waals surface area contributed by atoms with E-state index in [1.54, 1.807) is 13.0 Å². The van der Waals surface area contributed by atoms with Crippen molar-refractivity contribution in [2.24, 2.45) is 0 Å². The van der Waals surface area contributed by atoms with E-state index in [0.717, 1.165) is 10.2 Å². The van der Waals surface area contributed by atoms with Gasteiger partial charge in [-0.2, -0.15) is 5.10 Å². The van der Waals surface area contributed by atoms with Gasteiger partial charge in [-0.25, -0.2) is 4.68 Å². The first-order chi connectivity index (χ1) is 11.7. The van der Waals surface area contributed by atoms with Crippen LogP contribution in [-0.2, 0) is 16.8 Å². The Kier molecular flexibility index (Phi) is 5.74. The average molecular weight is 343 g/mol. The molecular formula is C19H25N3O3. The summed E-state index contributed by atoms with van der Waals surface area (Å²) in [7, 11) is 0. The van der Waals surface area contributed by atoms with E-state index in [0.29, 0.717) is 5.69 Å². The second-order valence-corrected chi connectivity index (χ2v) is 7.16. The van der Waals surface area contributed by atoms with Crippen LogP contribution in [0, 0.1) is 6.92 Å². The minimum atomic E-state index is -0.805. The molecule has 25 heavy (non-hydrogen) atoms. The molecule has 1 unspecified atom stereocenters. The number of carbonyl (C=O) groups excluding carboxylic acids is 1. The molecule has 0 aliphatic carbocycles. The number of nitrogens with one attached hydrogen (secondary N) is 1. The van der Waals surface area contributed by atoms with Gasteiger partial charge >= 0.3 is 0 Å². The Morgan fingerprint density at radius 2 is 1.84 bits per heavy atom. The van der Waals surface area contributed by atoms with Gasteiger partial charge in [-0.15, -0.1) is 0 Å². The van der Waals surface area contributed by atoms with E-state index >= 15 is 0 Å². The lowest BCUT2D eigenvalue weighted by atomic mass is 9.86. The summed E-state index contributed by atoms with van der Waals surface area (Å²) in [5.74, 6) is -0.370. The van der Waals surface area contributed by atoms with Crippen molar-refractivity contribution in [1.82, 2.24) is 15.1 Å². The van der Waals surface area contributed by atoms with Gasteiger partial charge in [-0.1, -0.05) is 45.0 Å². The fraction of sp³-hybridized carbons (Fsp3) is 0.421. The first-order valence-electron chi connectivity index (χ1n) is 8.27. The molecule has 0 aliphatic heterocycles. The molecule has 0 bridgehead atoms. The van der Waals surface area contributed by atoms with Crippen LogP contribution in [-0.4, -0.2) is 27.3 Å². The van der Waals surface area contributed by atoms with Crippen molar-refractivity contribution in [3.8, 4) is 0 Å². The van der Waals surface area contributed by atoms with Crippen molar-refractivity contribution in [2.75, 3.05) is 6.54 Å². The maximum absolute atomic E-state index is 12.0. The smallest absolute Gasteiger partial charge is 0.267 e. The zero-order valence-electron chi connectivity index (χ0n) is 15.1. The number of aliphatic hydroxyl groups is 1. The monoisotopic (exact) mass is 343 g/mol. The van der Waals surface area contributed by atoms with Gasteiger partial charge in [0, 0.05) is 12.6 Å². The molecule has 0 spiro atoms. The minimum Gasteiger partial charge on any atom is -0.387 e. The zero-order valence-corrected chi connectivity index (χ0v) is 15.1. The highest BCUT2D eigenvalue weighted by Gasteiger charge is 2.15. The maximum Gasteiger partial charge on any atom is 0.267 e. The fourth-order valence-electron chi connectivity index (χ4n) is 2.39. The molecule has 134 valence electrons. The summed E-state index contributed by atoms with van der Waals surface area (Å²) in [6.45, 7) is 8.03. The fourth-order valence-corrected chi connectivity index (χ4v) is 2.39. The summed E-state index contributed by atoms with van der Waals surface area (Å²) in [5.41, 5.74) is 2.29. The van der Waals surface area contributed by atoms with Crippen molar-refractivity contribution in [1.29, 1.82) is 0 Å². The van der Waals surface area contributed by atoms with Gasteiger partial charge in [-0.05, 0) is 29.5 Å². The Morgan fingerprint density at radius 3 is 2.44 bits per heavy atom. The molecule has 0 radical (unpaired) electrons. The van der Waals surface area contributed by atoms with Crippen LogP contribution < -0.4 is 10.9 Å². The van der Waals surface area contributed by atoms with Crippen LogP contribution in [0.3, 0.4) is 0 Å². The first kappa shape index (κ1) is 18.9. The lowest BCUT2D eigenvalue weighted by Gasteiger charge is -2.20. The topological polar surface area (TPSA) is 84.2 Å². The van der Waals surface area contributed by atoms with E-state index in [1.807, 2.05) is 24.3 Å². The van der Waals surface area contributed by atoms with Crippen LogP contribution in [0.2, 0.25) is 0 Å². The van der Waals surface area contributed by atoms with Crippen LogP contribution in [0.4, 0.5) is 0 Å². The molecule has 0 fully saturated rings. The number of aromatic nitrogens is 2. The van der Waals surface area contributed by atoms with Gasteiger partial charge in [0.15, 0.2) is 0 Å². The highest BCUT2D eigenvalue weighted by atomic mass is 16.3. The summed E-state index contributed by atoms with van der Waals surface area (Å²) < 4.78 is 1.11. The van der Waals surface area contributed by atoms with E-state index < -0.39 is 6.10 Å². The summed E-state index contributed by atoms with van der Waals surface area (Å²) >= 11 is 0. The molecule has 2 rings (SSSR count). The van der Waals surface area contributed by atoms with Crippen LogP contribution in [0.25, 0.3) is 0 Å². The molecule has 0 saturated heterocycles. The van der Waals surface area contributed by atoms with E-state index in [4.69, 9.17) is 0 Å². The standard InChI is InChI=1S/C19H25N3O3/c1-13-5-10-18(25)22(21-13)12-17(24)20-11-16(23)14-6-8-15(9-7-14)19(2,3)4/h5-10,16,23H,11-12H2,1-4H3,(H,20,24). The molecule has 1 atom stereocenters. The summed E-state index contributed by atoms with van der Waals surface area (Å²) in [6, 6.07) is 10.7. The third kappa shape index (κ3) is 5.26. The predicted octanol–water partition coefficient (Wildman–Crippen LogP) is 1.70. The van der Waals surface area contributed by atoms with E-state index in [2.05, 4.69) is 31.2 Å². The number of rotatable bonds is 5. The first-order valence-corrected chi connectivity index (χ1v) is 8.27.